The van der Waals surface area contributed by atoms with E-state index in [1.807, 2.05) is 5.38 Å². The van der Waals surface area contributed by atoms with Gasteiger partial charge in [-0.1, -0.05) is 11.3 Å². The summed E-state index contributed by atoms with van der Waals surface area (Å²) >= 11 is 1.32. The van der Waals surface area contributed by atoms with Crippen LogP contribution in [0.1, 0.15) is 0 Å². The van der Waals surface area contributed by atoms with E-state index >= 15 is 0 Å². The Morgan fingerprint density at radius 2 is 2.41 bits per heavy atom. The first-order valence-corrected chi connectivity index (χ1v) is 5.73. The number of rotatable bonds is 4. The van der Waals surface area contributed by atoms with E-state index in [-0.39, 0.29) is 12.5 Å². The molecule has 0 fully saturated rings. The Morgan fingerprint density at radius 1 is 1.53 bits per heavy atom. The molecule has 0 atom stereocenters. The number of carbonyl (C=O) groups excluding carboxylic acids is 1. The highest BCUT2D eigenvalue weighted by Gasteiger charge is 2.07. The van der Waals surface area contributed by atoms with Crippen molar-refractivity contribution in [3.05, 3.63) is 24.0 Å². The lowest BCUT2D eigenvalue weighted by atomic mass is 10.3. The number of amides is 1. The van der Waals surface area contributed by atoms with E-state index in [0.29, 0.717) is 10.9 Å². The van der Waals surface area contributed by atoms with Crippen molar-refractivity contribution >= 4 is 17.2 Å². The topological polar surface area (TPSA) is 77.0 Å². The predicted molar refractivity (Wildman–Crippen MR) is 62.7 cm³/mol. The van der Waals surface area contributed by atoms with Crippen molar-refractivity contribution in [1.29, 1.82) is 0 Å². The van der Waals surface area contributed by atoms with Gasteiger partial charge in [0.05, 0.1) is 5.69 Å². The zero-order valence-corrected chi connectivity index (χ0v) is 9.90. The van der Waals surface area contributed by atoms with E-state index in [4.69, 9.17) is 4.74 Å². The highest BCUT2D eigenvalue weighted by Crippen LogP contribution is 2.24. The van der Waals surface area contributed by atoms with Crippen molar-refractivity contribution in [2.24, 2.45) is 0 Å². The van der Waals surface area contributed by atoms with Crippen molar-refractivity contribution in [3.63, 3.8) is 0 Å². The number of ether oxygens (including phenoxy) is 1. The number of hydrogen-bond donors (Lipinski definition) is 1. The average molecular weight is 250 g/mol. The summed E-state index contributed by atoms with van der Waals surface area (Å²) in [5.74, 6) is -0.191. The van der Waals surface area contributed by atoms with Gasteiger partial charge >= 0.3 is 0 Å². The maximum absolute atomic E-state index is 11.0. The van der Waals surface area contributed by atoms with Crippen LogP contribution in [-0.2, 0) is 4.79 Å². The molecule has 2 heterocycles. The summed E-state index contributed by atoms with van der Waals surface area (Å²) in [6.45, 7) is -0.0345. The van der Waals surface area contributed by atoms with Crippen LogP contribution in [0.2, 0.25) is 0 Å². The van der Waals surface area contributed by atoms with Gasteiger partial charge in [0, 0.05) is 18.6 Å². The summed E-state index contributed by atoms with van der Waals surface area (Å²) in [5.41, 5.74) is 1.44. The number of thiazole rings is 1. The molecule has 0 unspecified atom stereocenters. The molecule has 0 saturated heterocycles. The predicted octanol–water partition coefficient (Wildman–Crippen LogP) is 0.725. The van der Waals surface area contributed by atoms with Crippen LogP contribution in [0.3, 0.4) is 0 Å². The van der Waals surface area contributed by atoms with Crippen LogP contribution in [-0.4, -0.2) is 34.5 Å². The molecule has 0 bridgehead atoms. The molecule has 0 radical (unpaired) electrons. The summed E-state index contributed by atoms with van der Waals surface area (Å²) in [6.07, 6.45) is 3.10. The molecule has 0 spiro atoms. The maximum Gasteiger partial charge on any atom is 0.274 e. The fraction of sp³-hybridized carbons (Fsp3) is 0.200. The molecule has 2 aromatic heterocycles. The quantitative estimate of drug-likeness (QED) is 0.865. The first-order chi connectivity index (χ1) is 8.29. The van der Waals surface area contributed by atoms with Gasteiger partial charge in [0.2, 0.25) is 0 Å². The Labute approximate surface area is 102 Å². The number of aromatic nitrogens is 3. The number of nitrogens with zero attached hydrogens (tertiary/aromatic N) is 3. The number of nitrogens with one attached hydrogen (secondary N) is 1. The van der Waals surface area contributed by atoms with Crippen molar-refractivity contribution in [2.45, 2.75) is 0 Å². The Morgan fingerprint density at radius 3 is 3.12 bits per heavy atom. The molecule has 0 aliphatic rings. The average Bonchev–Trinajstić information content (AvgIpc) is 2.86. The Kier molecular flexibility index (Phi) is 3.61. The van der Waals surface area contributed by atoms with Crippen molar-refractivity contribution in [1.82, 2.24) is 20.3 Å². The molecule has 1 amide bonds. The van der Waals surface area contributed by atoms with Gasteiger partial charge < -0.3 is 10.1 Å². The van der Waals surface area contributed by atoms with E-state index in [1.165, 1.54) is 17.7 Å². The highest BCUT2D eigenvalue weighted by atomic mass is 32.1. The second-order valence-corrected chi connectivity index (χ2v) is 3.88. The molecule has 0 aliphatic carbocycles. The minimum atomic E-state index is -0.191. The lowest BCUT2D eigenvalue weighted by molar-refractivity contribution is -0.122. The summed E-state index contributed by atoms with van der Waals surface area (Å²) in [5, 5.41) is 4.73. The van der Waals surface area contributed by atoms with Crippen LogP contribution in [0.15, 0.2) is 24.0 Å². The zero-order valence-electron chi connectivity index (χ0n) is 9.08. The lowest BCUT2D eigenvalue weighted by Crippen LogP contribution is -2.24. The maximum atomic E-state index is 11.0. The molecule has 88 valence electrons. The van der Waals surface area contributed by atoms with Gasteiger partial charge in [0.1, 0.15) is 12.0 Å². The molecule has 2 aromatic rings. The Bertz CT molecular complexity index is 500. The fourth-order valence-corrected chi connectivity index (χ4v) is 1.75. The lowest BCUT2D eigenvalue weighted by Gasteiger charge is -1.99. The van der Waals surface area contributed by atoms with Crippen molar-refractivity contribution < 1.29 is 9.53 Å². The van der Waals surface area contributed by atoms with E-state index in [1.54, 1.807) is 19.3 Å². The number of hydrogen-bond acceptors (Lipinski definition) is 6. The van der Waals surface area contributed by atoms with E-state index in [2.05, 4.69) is 20.3 Å². The van der Waals surface area contributed by atoms with Gasteiger partial charge in [-0.25, -0.2) is 15.0 Å². The first kappa shape index (κ1) is 11.5. The highest BCUT2D eigenvalue weighted by molar-refractivity contribution is 7.11. The van der Waals surface area contributed by atoms with Crippen LogP contribution >= 0.6 is 11.3 Å². The monoisotopic (exact) mass is 250 g/mol. The summed E-state index contributed by atoms with van der Waals surface area (Å²) in [6, 6.07) is 1.76. The third-order valence-electron chi connectivity index (χ3n) is 1.93. The zero-order chi connectivity index (χ0) is 12.1. The summed E-state index contributed by atoms with van der Waals surface area (Å²) < 4.78 is 5.21. The van der Waals surface area contributed by atoms with Gasteiger partial charge in [-0.3, -0.25) is 4.79 Å². The molecule has 0 saturated carbocycles. The minimum Gasteiger partial charge on any atom is -0.460 e. The van der Waals surface area contributed by atoms with Gasteiger partial charge in [-0.15, -0.1) is 0 Å². The Hall–Kier alpha value is -2.02. The Balaban J connectivity index is 2.04. The van der Waals surface area contributed by atoms with E-state index in [9.17, 15) is 4.79 Å². The molecule has 6 nitrogen and oxygen atoms in total. The smallest absolute Gasteiger partial charge is 0.274 e. The summed E-state index contributed by atoms with van der Waals surface area (Å²) in [7, 11) is 1.56. The number of carbonyl (C=O) groups is 1. The molecule has 0 aromatic carbocycles. The minimum absolute atomic E-state index is 0.0345. The van der Waals surface area contributed by atoms with Crippen LogP contribution in [0.4, 0.5) is 0 Å². The molecule has 0 aliphatic heterocycles. The standard InChI is InChI=1S/C10H10N4O2S/c1-11-9(15)4-16-10-14-8(5-17-10)7-2-3-12-6-13-7/h2-3,5-6H,4H2,1H3,(H,11,15). The van der Waals surface area contributed by atoms with Gasteiger partial charge in [-0.05, 0) is 6.07 Å². The SMILES string of the molecule is CNC(=O)COc1nc(-c2ccncn2)cs1. The molecule has 17 heavy (non-hydrogen) atoms. The van der Waals surface area contributed by atoms with Gasteiger partial charge in [0.15, 0.2) is 6.61 Å². The number of likely N-dealkylation sites (N-methyl/N-ethyl adjacent to an activating group) is 1. The normalized spacial score (nSPS) is 9.94. The van der Waals surface area contributed by atoms with Crippen LogP contribution < -0.4 is 10.1 Å². The van der Waals surface area contributed by atoms with E-state index < -0.39 is 0 Å². The second-order valence-electron chi connectivity index (χ2n) is 3.06. The van der Waals surface area contributed by atoms with Gasteiger partial charge in [-0.2, -0.15) is 0 Å². The van der Waals surface area contributed by atoms with Crippen molar-refractivity contribution in [3.8, 4) is 16.6 Å². The largest absolute Gasteiger partial charge is 0.460 e. The summed E-state index contributed by atoms with van der Waals surface area (Å²) in [4.78, 5) is 23.1. The van der Waals surface area contributed by atoms with Gasteiger partial charge in [0.25, 0.3) is 11.1 Å². The fourth-order valence-electron chi connectivity index (χ4n) is 1.08. The molecule has 1 N–H and O–H groups in total. The third-order valence-corrected chi connectivity index (χ3v) is 2.68. The molecule has 2 rings (SSSR count). The van der Waals surface area contributed by atoms with Crippen LogP contribution in [0, 0.1) is 0 Å². The molecular formula is C10H10N4O2S. The van der Waals surface area contributed by atoms with Crippen molar-refractivity contribution in [2.75, 3.05) is 13.7 Å². The van der Waals surface area contributed by atoms with Crippen LogP contribution in [0.25, 0.3) is 11.4 Å². The van der Waals surface area contributed by atoms with Crippen LogP contribution in [0.5, 0.6) is 5.19 Å². The first-order valence-electron chi connectivity index (χ1n) is 4.85. The third kappa shape index (κ3) is 2.97. The molecule has 7 heteroatoms. The molecular weight excluding hydrogens is 240 g/mol. The van der Waals surface area contributed by atoms with E-state index in [0.717, 1.165) is 5.69 Å². The second kappa shape index (κ2) is 5.35.